The van der Waals surface area contributed by atoms with Crippen molar-refractivity contribution in [2.24, 2.45) is 12.8 Å². The lowest BCUT2D eigenvalue weighted by atomic mass is 10.1. The van der Waals surface area contributed by atoms with Gasteiger partial charge in [-0.05, 0) is 20.8 Å². The zero-order valence-corrected chi connectivity index (χ0v) is 11.8. The van der Waals surface area contributed by atoms with Gasteiger partial charge in [0.15, 0.2) is 0 Å². The van der Waals surface area contributed by atoms with E-state index in [-0.39, 0.29) is 12.1 Å². The van der Waals surface area contributed by atoms with Crippen LogP contribution in [0.3, 0.4) is 0 Å². The second-order valence-electron chi connectivity index (χ2n) is 4.74. The molecule has 0 aliphatic rings. The number of aromatic nitrogens is 4. The van der Waals surface area contributed by atoms with Crippen LogP contribution in [-0.4, -0.2) is 19.6 Å². The summed E-state index contributed by atoms with van der Waals surface area (Å²) in [6, 6.07) is -0.0911. The van der Waals surface area contributed by atoms with Gasteiger partial charge in [0.25, 0.3) is 0 Å². The third-order valence-corrected chi connectivity index (χ3v) is 3.25. The normalized spacial score (nSPS) is 13.3. The van der Waals surface area contributed by atoms with Crippen molar-refractivity contribution in [2.75, 3.05) is 0 Å². The molecule has 1 atom stereocenters. The molecule has 0 aliphatic carbocycles. The first-order chi connectivity index (χ1) is 8.41. The van der Waals surface area contributed by atoms with Crippen LogP contribution in [0.15, 0.2) is 12.4 Å². The van der Waals surface area contributed by atoms with Gasteiger partial charge in [-0.3, -0.25) is 9.36 Å². The molecule has 2 N–H and O–H groups in total. The zero-order valence-electron chi connectivity index (χ0n) is 11.1. The Labute approximate surface area is 112 Å². The van der Waals surface area contributed by atoms with Crippen molar-refractivity contribution >= 4 is 11.6 Å². The smallest absolute Gasteiger partial charge is 0.0837 e. The first-order valence-electron chi connectivity index (χ1n) is 5.90. The summed E-state index contributed by atoms with van der Waals surface area (Å²) in [5.41, 5.74) is 9.04. The minimum absolute atomic E-state index is 0.218. The highest BCUT2D eigenvalue weighted by Gasteiger charge is 2.22. The number of hydrogen-bond donors (Lipinski definition) is 1. The van der Waals surface area contributed by atoms with E-state index in [1.165, 1.54) is 0 Å². The van der Waals surface area contributed by atoms with E-state index in [1.807, 2.05) is 24.9 Å². The van der Waals surface area contributed by atoms with Gasteiger partial charge in [0.2, 0.25) is 0 Å². The molecule has 5 nitrogen and oxygen atoms in total. The van der Waals surface area contributed by atoms with Gasteiger partial charge in [0.05, 0.1) is 28.6 Å². The highest BCUT2D eigenvalue weighted by Crippen LogP contribution is 2.29. The molecule has 6 heteroatoms. The Morgan fingerprint density at radius 1 is 1.39 bits per heavy atom. The van der Waals surface area contributed by atoms with Crippen LogP contribution >= 0.6 is 11.6 Å². The molecule has 1 unspecified atom stereocenters. The quantitative estimate of drug-likeness (QED) is 0.927. The topological polar surface area (TPSA) is 61.7 Å². The van der Waals surface area contributed by atoms with E-state index in [4.69, 9.17) is 17.3 Å². The molecule has 18 heavy (non-hydrogen) atoms. The number of rotatable bonds is 3. The molecule has 0 aromatic carbocycles. The zero-order chi connectivity index (χ0) is 13.4. The van der Waals surface area contributed by atoms with Crippen molar-refractivity contribution in [1.29, 1.82) is 0 Å². The Morgan fingerprint density at radius 3 is 2.56 bits per heavy atom. The molecule has 2 aromatic heterocycles. The van der Waals surface area contributed by atoms with E-state index in [0.717, 1.165) is 17.0 Å². The van der Waals surface area contributed by atoms with E-state index in [0.29, 0.717) is 5.02 Å². The lowest BCUT2D eigenvalue weighted by Crippen LogP contribution is -2.19. The van der Waals surface area contributed by atoms with Gasteiger partial charge in [-0.25, -0.2) is 0 Å². The van der Waals surface area contributed by atoms with E-state index in [1.54, 1.807) is 10.9 Å². The molecule has 0 radical (unpaired) electrons. The Morgan fingerprint density at radius 2 is 2.06 bits per heavy atom. The first kappa shape index (κ1) is 13.1. The Kier molecular flexibility index (Phi) is 3.45. The Hall–Kier alpha value is -1.33. The highest BCUT2D eigenvalue weighted by atomic mass is 35.5. The maximum absolute atomic E-state index is 6.32. The molecular formula is C12H18ClN5. The molecule has 0 fully saturated rings. The van der Waals surface area contributed by atoms with Crippen molar-refractivity contribution in [3.05, 3.63) is 34.4 Å². The molecule has 0 saturated heterocycles. The monoisotopic (exact) mass is 267 g/mol. The molecule has 0 amide bonds. The number of nitrogens with two attached hydrogens (primary N) is 1. The van der Waals surface area contributed by atoms with Gasteiger partial charge in [0, 0.05) is 24.8 Å². The van der Waals surface area contributed by atoms with Gasteiger partial charge in [-0.15, -0.1) is 0 Å². The van der Waals surface area contributed by atoms with Gasteiger partial charge in [-0.1, -0.05) is 11.6 Å². The number of halogens is 1. The summed E-state index contributed by atoms with van der Waals surface area (Å²) in [6.45, 7) is 6.05. The summed E-state index contributed by atoms with van der Waals surface area (Å²) in [4.78, 5) is 0. The Bertz CT molecular complexity index is 555. The van der Waals surface area contributed by atoms with Crippen molar-refractivity contribution in [3.63, 3.8) is 0 Å². The van der Waals surface area contributed by atoms with Crippen LogP contribution in [0, 0.1) is 6.92 Å². The standard InChI is InChI=1S/C12H18ClN5/c1-7(2)18-12(10(13)5-15-18)11(14)9-6-17(4)16-8(9)3/h5-7,11H,14H2,1-4H3. The lowest BCUT2D eigenvalue weighted by molar-refractivity contribution is 0.499. The summed E-state index contributed by atoms with van der Waals surface area (Å²) in [5.74, 6) is 0. The van der Waals surface area contributed by atoms with Gasteiger partial charge in [0.1, 0.15) is 0 Å². The Balaban J connectivity index is 2.48. The predicted octanol–water partition coefficient (Wildman–Crippen LogP) is 2.21. The van der Waals surface area contributed by atoms with Crippen LogP contribution in [0.4, 0.5) is 0 Å². The van der Waals surface area contributed by atoms with Crippen molar-refractivity contribution < 1.29 is 0 Å². The molecular weight excluding hydrogens is 250 g/mol. The van der Waals surface area contributed by atoms with Crippen molar-refractivity contribution in [1.82, 2.24) is 19.6 Å². The molecule has 2 heterocycles. The fourth-order valence-corrected chi connectivity index (χ4v) is 2.37. The summed E-state index contributed by atoms with van der Waals surface area (Å²) in [7, 11) is 1.88. The second-order valence-corrected chi connectivity index (χ2v) is 5.14. The van der Waals surface area contributed by atoms with Crippen molar-refractivity contribution in [2.45, 2.75) is 32.9 Å². The molecule has 0 aliphatic heterocycles. The van der Waals surface area contributed by atoms with Crippen LogP contribution in [0.2, 0.25) is 5.02 Å². The number of nitrogens with zero attached hydrogens (tertiary/aromatic N) is 4. The molecule has 0 spiro atoms. The van der Waals surface area contributed by atoms with E-state index in [9.17, 15) is 0 Å². The number of hydrogen-bond acceptors (Lipinski definition) is 3. The fourth-order valence-electron chi connectivity index (χ4n) is 2.12. The third-order valence-electron chi connectivity index (χ3n) is 2.96. The molecule has 0 saturated carbocycles. The van der Waals surface area contributed by atoms with Crippen LogP contribution < -0.4 is 5.73 Å². The largest absolute Gasteiger partial charge is 0.319 e. The summed E-state index contributed by atoms with van der Waals surface area (Å²) < 4.78 is 3.62. The van der Waals surface area contributed by atoms with Crippen LogP contribution in [0.5, 0.6) is 0 Å². The second kappa shape index (κ2) is 4.74. The van der Waals surface area contributed by atoms with Crippen LogP contribution in [0.1, 0.15) is 42.9 Å². The minimum atomic E-state index is -0.309. The lowest BCUT2D eigenvalue weighted by Gasteiger charge is -2.17. The fraction of sp³-hybridized carbons (Fsp3) is 0.500. The third kappa shape index (κ3) is 2.15. The van der Waals surface area contributed by atoms with E-state index >= 15 is 0 Å². The van der Waals surface area contributed by atoms with Gasteiger partial charge >= 0.3 is 0 Å². The summed E-state index contributed by atoms with van der Waals surface area (Å²) >= 11 is 6.20. The maximum Gasteiger partial charge on any atom is 0.0837 e. The SMILES string of the molecule is Cc1nn(C)cc1C(N)c1c(Cl)cnn1C(C)C. The van der Waals surface area contributed by atoms with E-state index < -0.39 is 0 Å². The van der Waals surface area contributed by atoms with Crippen LogP contribution in [0.25, 0.3) is 0 Å². The molecule has 2 aromatic rings. The maximum atomic E-state index is 6.32. The van der Waals surface area contributed by atoms with E-state index in [2.05, 4.69) is 24.0 Å². The summed E-state index contributed by atoms with van der Waals surface area (Å²) in [5, 5.41) is 9.18. The van der Waals surface area contributed by atoms with Gasteiger partial charge < -0.3 is 5.73 Å². The molecule has 98 valence electrons. The summed E-state index contributed by atoms with van der Waals surface area (Å²) in [6.07, 6.45) is 3.57. The average molecular weight is 268 g/mol. The number of aryl methyl sites for hydroxylation is 2. The minimum Gasteiger partial charge on any atom is -0.319 e. The first-order valence-corrected chi connectivity index (χ1v) is 6.28. The van der Waals surface area contributed by atoms with Crippen molar-refractivity contribution in [3.8, 4) is 0 Å². The highest BCUT2D eigenvalue weighted by molar-refractivity contribution is 6.31. The average Bonchev–Trinajstić information content (AvgIpc) is 2.81. The predicted molar refractivity (Wildman–Crippen MR) is 71.6 cm³/mol. The molecule has 2 rings (SSSR count). The van der Waals surface area contributed by atoms with Gasteiger partial charge in [-0.2, -0.15) is 10.2 Å². The molecule has 0 bridgehead atoms. The van der Waals surface area contributed by atoms with Crippen LogP contribution in [-0.2, 0) is 7.05 Å².